The van der Waals surface area contributed by atoms with Gasteiger partial charge in [0.15, 0.2) is 0 Å². The van der Waals surface area contributed by atoms with E-state index in [-0.39, 0.29) is 21.6 Å². The Morgan fingerprint density at radius 1 is 1.04 bits per heavy atom. The molecule has 1 aliphatic heterocycles. The normalized spacial score (nSPS) is 16.8. The van der Waals surface area contributed by atoms with Crippen molar-refractivity contribution in [1.82, 2.24) is 0 Å². The molecule has 0 fully saturated rings. The highest BCUT2D eigenvalue weighted by atomic mass is 79.9. The standard InChI is InChI=1S/C19H14BrNO3S2/c20-13-8-6-12(7-9-13)15-10-17(22)21-18-16(11-25-19(15)18)26(23,24)14-4-2-1-3-5-14/h1-9,11,15H,10H2,(H,21,22)/t15-/m1/s1. The zero-order valence-corrected chi connectivity index (χ0v) is 16.7. The van der Waals surface area contributed by atoms with Crippen molar-refractivity contribution in [2.45, 2.75) is 22.1 Å². The number of carbonyl (C=O) groups excluding carboxylic acids is 1. The van der Waals surface area contributed by atoms with E-state index in [2.05, 4.69) is 21.2 Å². The summed E-state index contributed by atoms with van der Waals surface area (Å²) in [7, 11) is -3.68. The van der Waals surface area contributed by atoms with Gasteiger partial charge in [-0.3, -0.25) is 4.79 Å². The van der Waals surface area contributed by atoms with Crippen LogP contribution in [0.25, 0.3) is 0 Å². The van der Waals surface area contributed by atoms with Crippen LogP contribution in [0.5, 0.6) is 0 Å². The zero-order valence-electron chi connectivity index (χ0n) is 13.5. The number of nitrogens with one attached hydrogen (secondary N) is 1. The third kappa shape index (κ3) is 3.00. The van der Waals surface area contributed by atoms with Gasteiger partial charge >= 0.3 is 0 Å². The number of thiophene rings is 1. The molecule has 0 spiro atoms. The Hall–Kier alpha value is -1.96. The molecule has 1 aliphatic rings. The Morgan fingerprint density at radius 2 is 1.73 bits per heavy atom. The molecule has 2 aromatic carbocycles. The van der Waals surface area contributed by atoms with Gasteiger partial charge in [-0.2, -0.15) is 0 Å². The minimum absolute atomic E-state index is 0.142. The molecule has 1 amide bonds. The summed E-state index contributed by atoms with van der Waals surface area (Å²) < 4.78 is 27.0. The molecule has 0 saturated carbocycles. The van der Waals surface area contributed by atoms with Crippen molar-refractivity contribution < 1.29 is 13.2 Å². The van der Waals surface area contributed by atoms with Crippen LogP contribution in [-0.4, -0.2) is 14.3 Å². The number of rotatable bonds is 3. The Morgan fingerprint density at radius 3 is 2.42 bits per heavy atom. The van der Waals surface area contributed by atoms with Crippen LogP contribution < -0.4 is 5.32 Å². The van der Waals surface area contributed by atoms with E-state index in [1.807, 2.05) is 24.3 Å². The van der Waals surface area contributed by atoms with Crippen molar-refractivity contribution in [2.75, 3.05) is 5.32 Å². The predicted molar refractivity (Wildman–Crippen MR) is 105 cm³/mol. The molecule has 4 nitrogen and oxygen atoms in total. The van der Waals surface area contributed by atoms with Crippen molar-refractivity contribution >= 4 is 48.7 Å². The largest absolute Gasteiger partial charge is 0.324 e. The molecule has 2 heterocycles. The fourth-order valence-corrected chi connectivity index (χ4v) is 6.29. The molecule has 0 bridgehead atoms. The Bertz CT molecular complexity index is 1070. The van der Waals surface area contributed by atoms with Crippen LogP contribution in [0.15, 0.2) is 74.2 Å². The van der Waals surface area contributed by atoms with Gasteiger partial charge in [-0.1, -0.05) is 46.3 Å². The summed E-state index contributed by atoms with van der Waals surface area (Å²) in [6.45, 7) is 0. The fraction of sp³-hybridized carbons (Fsp3) is 0.105. The summed E-state index contributed by atoms with van der Waals surface area (Å²) in [5.41, 5.74) is 1.41. The van der Waals surface area contributed by atoms with Crippen LogP contribution >= 0.6 is 27.3 Å². The van der Waals surface area contributed by atoms with Crippen molar-refractivity contribution in [1.29, 1.82) is 0 Å². The Balaban J connectivity index is 1.83. The quantitative estimate of drug-likeness (QED) is 0.625. The average molecular weight is 448 g/mol. The molecule has 0 saturated heterocycles. The van der Waals surface area contributed by atoms with Gasteiger partial charge in [0.25, 0.3) is 0 Å². The molecule has 3 aromatic rings. The smallest absolute Gasteiger partial charge is 0.225 e. The minimum atomic E-state index is -3.68. The summed E-state index contributed by atoms with van der Waals surface area (Å²) in [5, 5.41) is 4.41. The number of benzene rings is 2. The van der Waals surface area contributed by atoms with E-state index < -0.39 is 9.84 Å². The van der Waals surface area contributed by atoms with Crippen LogP contribution in [0.4, 0.5) is 5.69 Å². The van der Waals surface area contributed by atoms with Gasteiger partial charge in [0, 0.05) is 27.1 Å². The first kappa shape index (κ1) is 17.5. The number of halogens is 1. The Kier molecular flexibility index (Phi) is 4.46. The molecule has 132 valence electrons. The molecule has 26 heavy (non-hydrogen) atoms. The summed E-state index contributed by atoms with van der Waals surface area (Å²) in [5.74, 6) is -0.315. The van der Waals surface area contributed by atoms with Crippen molar-refractivity contribution in [3.63, 3.8) is 0 Å². The third-order valence-corrected chi connectivity index (χ3v) is 7.94. The molecule has 4 rings (SSSR count). The molecule has 1 aromatic heterocycles. The number of anilines is 1. The highest BCUT2D eigenvalue weighted by Gasteiger charge is 2.34. The molecule has 0 aliphatic carbocycles. The minimum Gasteiger partial charge on any atom is -0.324 e. The summed E-state index contributed by atoms with van der Waals surface area (Å²) in [6, 6.07) is 16.1. The van der Waals surface area contributed by atoms with E-state index in [1.54, 1.807) is 35.7 Å². The van der Waals surface area contributed by atoms with Crippen molar-refractivity contribution in [2.24, 2.45) is 0 Å². The number of fused-ring (bicyclic) bond motifs is 1. The molecular formula is C19H14BrNO3S2. The molecule has 0 radical (unpaired) electrons. The molecule has 1 N–H and O–H groups in total. The topological polar surface area (TPSA) is 63.2 Å². The zero-order chi connectivity index (χ0) is 18.3. The summed E-state index contributed by atoms with van der Waals surface area (Å²) >= 11 is 4.79. The maximum absolute atomic E-state index is 13.0. The van der Waals surface area contributed by atoms with E-state index in [4.69, 9.17) is 0 Å². The first-order valence-corrected chi connectivity index (χ1v) is 11.1. The van der Waals surface area contributed by atoms with Gasteiger partial charge in [0.1, 0.15) is 4.90 Å². The third-order valence-electron chi connectivity index (χ3n) is 4.37. The van der Waals surface area contributed by atoms with Crippen LogP contribution in [-0.2, 0) is 14.6 Å². The monoisotopic (exact) mass is 447 g/mol. The second-order valence-corrected chi connectivity index (χ2v) is 9.76. The van der Waals surface area contributed by atoms with Gasteiger partial charge in [0.2, 0.25) is 15.7 Å². The number of hydrogen-bond donors (Lipinski definition) is 1. The van der Waals surface area contributed by atoms with E-state index in [1.165, 1.54) is 11.3 Å². The van der Waals surface area contributed by atoms with Crippen molar-refractivity contribution in [3.8, 4) is 0 Å². The molecule has 0 unspecified atom stereocenters. The van der Waals surface area contributed by atoms with Crippen LogP contribution in [0.1, 0.15) is 22.8 Å². The maximum atomic E-state index is 13.0. The van der Waals surface area contributed by atoms with Gasteiger partial charge in [0.05, 0.1) is 10.6 Å². The number of carbonyl (C=O) groups is 1. The number of hydrogen-bond acceptors (Lipinski definition) is 4. The first-order chi connectivity index (χ1) is 12.5. The van der Waals surface area contributed by atoms with Gasteiger partial charge < -0.3 is 5.32 Å². The lowest BCUT2D eigenvalue weighted by Crippen LogP contribution is -2.23. The van der Waals surface area contributed by atoms with E-state index in [0.29, 0.717) is 12.1 Å². The SMILES string of the molecule is O=C1C[C@H](c2ccc(Br)cc2)c2scc(S(=O)(=O)c3ccccc3)c2N1. The lowest BCUT2D eigenvalue weighted by atomic mass is 9.91. The highest BCUT2D eigenvalue weighted by molar-refractivity contribution is 9.10. The second-order valence-electron chi connectivity index (χ2n) is 6.01. The van der Waals surface area contributed by atoms with Crippen molar-refractivity contribution in [3.05, 3.63) is 74.9 Å². The summed E-state index contributed by atoms with van der Waals surface area (Å²) in [6.07, 6.45) is 0.306. The van der Waals surface area contributed by atoms with E-state index >= 15 is 0 Å². The van der Waals surface area contributed by atoms with Gasteiger partial charge in [-0.25, -0.2) is 8.42 Å². The summed E-state index contributed by atoms with van der Waals surface area (Å²) in [4.78, 5) is 13.5. The molecule has 1 atom stereocenters. The number of sulfone groups is 1. The first-order valence-electron chi connectivity index (χ1n) is 7.93. The molecular weight excluding hydrogens is 434 g/mol. The highest BCUT2D eigenvalue weighted by Crippen LogP contribution is 2.45. The van der Waals surface area contributed by atoms with E-state index in [9.17, 15) is 13.2 Å². The Labute approximate surface area is 163 Å². The predicted octanol–water partition coefficient (Wildman–Crippen LogP) is 4.82. The average Bonchev–Trinajstić information content (AvgIpc) is 3.07. The lowest BCUT2D eigenvalue weighted by molar-refractivity contribution is -0.116. The van der Waals surface area contributed by atoms with E-state index in [0.717, 1.165) is 14.9 Å². The van der Waals surface area contributed by atoms with Gasteiger partial charge in [-0.15, -0.1) is 11.3 Å². The number of amides is 1. The fourth-order valence-electron chi connectivity index (χ4n) is 3.09. The van der Waals surface area contributed by atoms with Gasteiger partial charge in [-0.05, 0) is 29.8 Å². The maximum Gasteiger partial charge on any atom is 0.225 e. The molecule has 7 heteroatoms. The second kappa shape index (κ2) is 6.64. The van der Waals surface area contributed by atoms with Crippen LogP contribution in [0.2, 0.25) is 0 Å². The van der Waals surface area contributed by atoms with Crippen LogP contribution in [0, 0.1) is 0 Å². The lowest BCUT2D eigenvalue weighted by Gasteiger charge is -2.23. The van der Waals surface area contributed by atoms with Crippen LogP contribution in [0.3, 0.4) is 0 Å².